The summed E-state index contributed by atoms with van der Waals surface area (Å²) in [4.78, 5) is 30.8. The molecule has 8 nitrogen and oxygen atoms in total. The Morgan fingerprint density at radius 3 is 2.50 bits per heavy atom. The molecule has 1 unspecified atom stereocenters. The number of piperazine rings is 1. The number of fused-ring (bicyclic) bond motifs is 1. The highest BCUT2D eigenvalue weighted by Gasteiger charge is 2.33. The fraction of sp³-hybridized carbons (Fsp3) is 0.250. The van der Waals surface area contributed by atoms with Crippen molar-refractivity contribution in [2.75, 3.05) is 31.6 Å². The average Bonchev–Trinajstić information content (AvgIpc) is 3.26. The average molecular weight is 500 g/mol. The number of likely N-dealkylation sites (N-methyl/N-ethyl adjacent to an activating group) is 1. The molecule has 5 rings (SSSR count). The Morgan fingerprint density at radius 1 is 1.08 bits per heavy atom. The molecule has 0 aliphatic carbocycles. The number of rotatable bonds is 4. The Morgan fingerprint density at radius 2 is 1.83 bits per heavy atom. The monoisotopic (exact) mass is 500 g/mol. The van der Waals surface area contributed by atoms with E-state index in [1.807, 2.05) is 11.9 Å². The molecule has 1 saturated heterocycles. The van der Waals surface area contributed by atoms with Gasteiger partial charge >= 0.3 is 12.1 Å². The van der Waals surface area contributed by atoms with Gasteiger partial charge in [-0.3, -0.25) is 0 Å². The summed E-state index contributed by atoms with van der Waals surface area (Å²) >= 11 is 0. The lowest BCUT2D eigenvalue weighted by atomic mass is 10.1. The highest BCUT2D eigenvalue weighted by molar-refractivity contribution is 5.81. The number of carboxylic acids is 1. The predicted molar refractivity (Wildman–Crippen MR) is 124 cm³/mol. The molecule has 186 valence electrons. The summed E-state index contributed by atoms with van der Waals surface area (Å²) in [5.74, 6) is -1.21. The van der Waals surface area contributed by atoms with Gasteiger partial charge in [-0.2, -0.15) is 13.2 Å². The molecule has 0 spiro atoms. The number of aliphatic carboxylic acids is 1. The van der Waals surface area contributed by atoms with E-state index in [0.29, 0.717) is 30.8 Å². The van der Waals surface area contributed by atoms with Crippen LogP contribution in [0, 0.1) is 5.82 Å². The van der Waals surface area contributed by atoms with Gasteiger partial charge in [-0.25, -0.2) is 24.1 Å². The Hall–Kier alpha value is -4.06. The first kappa shape index (κ1) is 23.7. The third-order valence-electron chi connectivity index (χ3n) is 6.13. The fourth-order valence-electron chi connectivity index (χ4n) is 4.19. The minimum atomic E-state index is -4.50. The van der Waals surface area contributed by atoms with Crippen LogP contribution in [0.2, 0.25) is 0 Å². The molecule has 2 aromatic heterocycles. The predicted octanol–water partition coefficient (Wildman–Crippen LogP) is 4.05. The largest absolute Gasteiger partial charge is 0.480 e. The van der Waals surface area contributed by atoms with Crippen molar-refractivity contribution in [1.29, 1.82) is 0 Å². The van der Waals surface area contributed by atoms with E-state index in [1.54, 1.807) is 11.0 Å². The quantitative estimate of drug-likeness (QED) is 0.408. The van der Waals surface area contributed by atoms with Crippen molar-refractivity contribution in [3.8, 4) is 22.5 Å². The first-order chi connectivity index (χ1) is 17.1. The van der Waals surface area contributed by atoms with E-state index >= 15 is 4.39 Å². The molecule has 1 atom stereocenters. The number of halogens is 4. The maximum Gasteiger partial charge on any atom is 0.416 e. The Labute approximate surface area is 202 Å². The van der Waals surface area contributed by atoms with Crippen molar-refractivity contribution in [3.05, 3.63) is 60.2 Å². The third-order valence-corrected chi connectivity index (χ3v) is 6.13. The standard InChI is InChI=1S/C24H20F4N6O2/c1-33-6-7-34(20(12-33)22(35)36)23-29-10-14(11-30-23)13-2-4-16(17(25)8-13)21-31-18-5-3-15(24(26,27)28)9-19(18)32-21/h2-5,8-11,20H,6-7,12H2,1H3,(H,31,32)(H,35,36). The minimum Gasteiger partial charge on any atom is -0.480 e. The number of imidazole rings is 1. The summed E-state index contributed by atoms with van der Waals surface area (Å²) in [7, 11) is 1.85. The van der Waals surface area contributed by atoms with Crippen LogP contribution in [-0.4, -0.2) is 68.6 Å². The summed E-state index contributed by atoms with van der Waals surface area (Å²) in [6.45, 7) is 1.46. The zero-order valence-corrected chi connectivity index (χ0v) is 18.9. The first-order valence-corrected chi connectivity index (χ1v) is 11.0. The van der Waals surface area contributed by atoms with Gasteiger partial charge in [0.05, 0.1) is 22.2 Å². The van der Waals surface area contributed by atoms with Crippen LogP contribution in [0.1, 0.15) is 5.56 Å². The highest BCUT2D eigenvalue weighted by atomic mass is 19.4. The smallest absolute Gasteiger partial charge is 0.416 e. The molecular weight excluding hydrogens is 480 g/mol. The van der Waals surface area contributed by atoms with Crippen molar-refractivity contribution in [2.45, 2.75) is 12.2 Å². The van der Waals surface area contributed by atoms with E-state index in [2.05, 4.69) is 19.9 Å². The maximum absolute atomic E-state index is 15.0. The number of alkyl halides is 3. The van der Waals surface area contributed by atoms with Gasteiger partial charge < -0.3 is 19.9 Å². The van der Waals surface area contributed by atoms with Crippen LogP contribution in [-0.2, 0) is 11.0 Å². The van der Waals surface area contributed by atoms with E-state index in [-0.39, 0.29) is 28.4 Å². The number of benzene rings is 2. The molecule has 4 aromatic rings. The third kappa shape index (κ3) is 4.47. The minimum absolute atomic E-state index is 0.0998. The molecular formula is C24H20F4N6O2. The summed E-state index contributed by atoms with van der Waals surface area (Å²) in [5.41, 5.74) is 0.708. The van der Waals surface area contributed by atoms with Crippen LogP contribution in [0.3, 0.4) is 0 Å². The van der Waals surface area contributed by atoms with Crippen LogP contribution in [0.5, 0.6) is 0 Å². The van der Waals surface area contributed by atoms with E-state index < -0.39 is 29.6 Å². The number of carbonyl (C=O) groups is 1. The van der Waals surface area contributed by atoms with Gasteiger partial charge in [-0.1, -0.05) is 6.07 Å². The number of aromatic amines is 1. The molecule has 36 heavy (non-hydrogen) atoms. The maximum atomic E-state index is 15.0. The fourth-order valence-corrected chi connectivity index (χ4v) is 4.19. The number of hydrogen-bond donors (Lipinski definition) is 2. The number of nitrogens with one attached hydrogen (secondary N) is 1. The van der Waals surface area contributed by atoms with Gasteiger partial charge in [-0.05, 0) is 42.9 Å². The van der Waals surface area contributed by atoms with Crippen molar-refractivity contribution in [3.63, 3.8) is 0 Å². The SMILES string of the molecule is CN1CCN(c2ncc(-c3ccc(-c4nc5ccc(C(F)(F)F)cc5[nH]4)c(F)c3)cn2)C(C(=O)O)C1. The van der Waals surface area contributed by atoms with Gasteiger partial charge in [0.25, 0.3) is 0 Å². The van der Waals surface area contributed by atoms with Crippen LogP contribution in [0.25, 0.3) is 33.5 Å². The van der Waals surface area contributed by atoms with Crippen molar-refractivity contribution >= 4 is 23.0 Å². The zero-order valence-electron chi connectivity index (χ0n) is 18.9. The van der Waals surface area contributed by atoms with E-state index in [1.165, 1.54) is 30.6 Å². The summed E-state index contributed by atoms with van der Waals surface area (Å²) in [5, 5.41) is 9.54. The molecule has 0 amide bonds. The summed E-state index contributed by atoms with van der Waals surface area (Å²) in [6.07, 6.45) is -1.51. The molecule has 3 heterocycles. The van der Waals surface area contributed by atoms with Crippen molar-refractivity contribution < 1.29 is 27.5 Å². The van der Waals surface area contributed by atoms with Gasteiger partial charge in [0, 0.05) is 37.6 Å². The molecule has 0 radical (unpaired) electrons. The van der Waals surface area contributed by atoms with Crippen LogP contribution >= 0.6 is 0 Å². The topological polar surface area (TPSA) is 98.2 Å². The lowest BCUT2D eigenvalue weighted by molar-refractivity contribution is -0.139. The molecule has 2 N–H and O–H groups in total. The van der Waals surface area contributed by atoms with Gasteiger partial charge in [0.1, 0.15) is 17.7 Å². The first-order valence-electron chi connectivity index (χ1n) is 11.0. The van der Waals surface area contributed by atoms with E-state index in [9.17, 15) is 23.1 Å². The van der Waals surface area contributed by atoms with Crippen LogP contribution < -0.4 is 4.90 Å². The summed E-state index contributed by atoms with van der Waals surface area (Å²) in [6, 6.07) is 6.69. The second-order valence-corrected chi connectivity index (χ2v) is 8.59. The van der Waals surface area contributed by atoms with Crippen LogP contribution in [0.15, 0.2) is 48.8 Å². The highest BCUT2D eigenvalue weighted by Crippen LogP contribution is 2.33. The second kappa shape index (κ2) is 8.86. The molecule has 1 fully saturated rings. The number of hydrogen-bond acceptors (Lipinski definition) is 6. The molecule has 0 saturated carbocycles. The van der Waals surface area contributed by atoms with E-state index in [4.69, 9.17) is 0 Å². The lowest BCUT2D eigenvalue weighted by Gasteiger charge is -2.37. The molecule has 12 heteroatoms. The number of nitrogens with zero attached hydrogens (tertiary/aromatic N) is 5. The Kier molecular flexibility index (Phi) is 5.83. The summed E-state index contributed by atoms with van der Waals surface area (Å²) < 4.78 is 53.9. The molecule has 2 aromatic carbocycles. The van der Waals surface area contributed by atoms with E-state index in [0.717, 1.165) is 12.1 Å². The Balaban J connectivity index is 1.40. The number of anilines is 1. The number of aromatic nitrogens is 4. The molecule has 1 aliphatic rings. The Bertz CT molecular complexity index is 1440. The zero-order chi connectivity index (χ0) is 25.6. The normalized spacial score (nSPS) is 17.0. The number of carboxylic acid groups (broad SMARTS) is 1. The lowest BCUT2D eigenvalue weighted by Crippen LogP contribution is -2.56. The van der Waals surface area contributed by atoms with Gasteiger partial charge in [-0.15, -0.1) is 0 Å². The molecule has 1 aliphatic heterocycles. The van der Waals surface area contributed by atoms with Gasteiger partial charge in [0.15, 0.2) is 0 Å². The van der Waals surface area contributed by atoms with Crippen molar-refractivity contribution in [2.24, 2.45) is 0 Å². The second-order valence-electron chi connectivity index (χ2n) is 8.59. The van der Waals surface area contributed by atoms with Gasteiger partial charge in [0.2, 0.25) is 5.95 Å². The number of H-pyrrole nitrogens is 1. The molecule has 0 bridgehead atoms. The van der Waals surface area contributed by atoms with Crippen molar-refractivity contribution in [1.82, 2.24) is 24.8 Å². The van der Waals surface area contributed by atoms with Crippen LogP contribution in [0.4, 0.5) is 23.5 Å².